The highest BCUT2D eigenvalue weighted by atomic mass is 19.3. The van der Waals surface area contributed by atoms with Crippen molar-refractivity contribution in [2.45, 2.75) is 20.1 Å². The molecule has 0 fully saturated rings. The van der Waals surface area contributed by atoms with E-state index in [2.05, 4.69) is 10.1 Å². The molecule has 3 rings (SSSR count). The van der Waals surface area contributed by atoms with Gasteiger partial charge in [-0.2, -0.15) is 17.6 Å². The minimum atomic E-state index is -3.07. The van der Waals surface area contributed by atoms with Crippen molar-refractivity contribution < 1.29 is 49.8 Å². The summed E-state index contributed by atoms with van der Waals surface area (Å²) >= 11 is 0. The normalized spacial score (nSPS) is 10.9. The topological polar surface area (TPSA) is 69.9 Å². The average Bonchev–Trinajstić information content (AvgIpc) is 3.23. The summed E-state index contributed by atoms with van der Waals surface area (Å²) in [6.45, 7) is -1.94. The van der Waals surface area contributed by atoms with Crippen molar-refractivity contribution in [1.29, 1.82) is 0 Å². The van der Waals surface area contributed by atoms with E-state index in [-0.39, 0.29) is 41.4 Å². The number of benzene rings is 2. The molecule has 1 N–H and O–H groups in total. The quantitative estimate of drug-likeness (QED) is 0.319. The summed E-state index contributed by atoms with van der Waals surface area (Å²) in [5, 5.41) is 2.44. The van der Waals surface area contributed by atoms with Crippen LogP contribution in [-0.4, -0.2) is 19.1 Å². The molecule has 176 valence electrons. The number of carbonyl (C=O) groups is 1. The van der Waals surface area contributed by atoms with Crippen molar-refractivity contribution in [1.82, 2.24) is 0 Å². The molecule has 1 heterocycles. The molecule has 2 aromatic carbocycles. The Hall–Kier alpha value is -3.83. The van der Waals surface area contributed by atoms with E-state index in [4.69, 9.17) is 13.9 Å². The second kappa shape index (κ2) is 10.2. The van der Waals surface area contributed by atoms with Crippen molar-refractivity contribution in [2.75, 3.05) is 11.9 Å². The first-order valence-electron chi connectivity index (χ1n) is 9.27. The second-order valence-electron chi connectivity index (χ2n) is 6.28. The maximum atomic E-state index is 13.6. The Morgan fingerprint density at radius 3 is 2.30 bits per heavy atom. The highest BCUT2D eigenvalue weighted by Crippen LogP contribution is 2.32. The smallest absolute Gasteiger partial charge is 0.387 e. The van der Waals surface area contributed by atoms with E-state index in [0.717, 1.165) is 0 Å². The molecule has 0 aliphatic carbocycles. The Labute approximate surface area is 182 Å². The van der Waals surface area contributed by atoms with Gasteiger partial charge >= 0.3 is 6.61 Å². The molecule has 3 aromatic rings. The van der Waals surface area contributed by atoms with E-state index in [1.807, 2.05) is 0 Å². The summed E-state index contributed by atoms with van der Waals surface area (Å²) in [5.74, 6) is -9.34. The predicted octanol–water partition coefficient (Wildman–Crippen LogP) is 5.67. The number of amides is 1. The number of alkyl halides is 2. The lowest BCUT2D eigenvalue weighted by Crippen LogP contribution is -2.11. The number of anilines is 1. The van der Waals surface area contributed by atoms with Gasteiger partial charge in [0.25, 0.3) is 5.91 Å². The number of ether oxygens (including phenoxy) is 3. The van der Waals surface area contributed by atoms with E-state index in [9.17, 15) is 31.1 Å². The average molecular weight is 475 g/mol. The summed E-state index contributed by atoms with van der Waals surface area (Å²) in [5.41, 5.74) is 0.165. The maximum absolute atomic E-state index is 13.6. The molecule has 0 atom stereocenters. The van der Waals surface area contributed by atoms with Gasteiger partial charge in [0.15, 0.2) is 34.6 Å². The first kappa shape index (κ1) is 23.8. The lowest BCUT2D eigenvalue weighted by atomic mass is 10.2. The zero-order chi connectivity index (χ0) is 24.1. The van der Waals surface area contributed by atoms with Crippen LogP contribution in [0.15, 0.2) is 40.8 Å². The lowest BCUT2D eigenvalue weighted by Gasteiger charge is -2.13. The monoisotopic (exact) mass is 475 g/mol. The molecule has 0 radical (unpaired) electrons. The Bertz CT molecular complexity index is 1120. The SMILES string of the molecule is CCOc1cc(NC(=O)c2ccc(COc3c(F)c(F)cc(F)c3F)o2)ccc1OC(F)F. The van der Waals surface area contributed by atoms with Crippen molar-refractivity contribution in [3.63, 3.8) is 0 Å². The molecule has 0 saturated carbocycles. The third-order valence-corrected chi connectivity index (χ3v) is 4.03. The Morgan fingerprint density at radius 2 is 1.67 bits per heavy atom. The molecular weight excluding hydrogens is 460 g/mol. The molecule has 0 spiro atoms. The summed E-state index contributed by atoms with van der Waals surface area (Å²) in [6.07, 6.45) is 0. The fourth-order valence-corrected chi connectivity index (χ4v) is 2.64. The standard InChI is InChI=1S/C21H15F6NO5/c1-2-30-16-7-10(3-5-14(16)33-21(26)27)28-20(29)15-6-4-11(32-15)9-31-19-17(24)12(22)8-13(23)18(19)25/h3-8,21H,2,9H2,1H3,(H,28,29). The van der Waals surface area contributed by atoms with Crippen LogP contribution in [0.5, 0.6) is 17.2 Å². The molecule has 33 heavy (non-hydrogen) atoms. The van der Waals surface area contributed by atoms with Gasteiger partial charge in [-0.05, 0) is 31.2 Å². The van der Waals surface area contributed by atoms with Gasteiger partial charge in [0.1, 0.15) is 12.4 Å². The van der Waals surface area contributed by atoms with E-state index < -0.39 is 48.1 Å². The zero-order valence-corrected chi connectivity index (χ0v) is 16.8. The molecular formula is C21H15F6NO5. The van der Waals surface area contributed by atoms with Crippen LogP contribution >= 0.6 is 0 Å². The van der Waals surface area contributed by atoms with Gasteiger partial charge in [0.05, 0.1) is 6.61 Å². The van der Waals surface area contributed by atoms with Crippen LogP contribution in [0.25, 0.3) is 0 Å². The fourth-order valence-electron chi connectivity index (χ4n) is 2.64. The number of furan rings is 1. The Balaban J connectivity index is 1.69. The molecule has 1 aromatic heterocycles. The molecule has 0 unspecified atom stereocenters. The van der Waals surface area contributed by atoms with Gasteiger partial charge in [-0.3, -0.25) is 4.79 Å². The highest BCUT2D eigenvalue weighted by Gasteiger charge is 2.21. The fraction of sp³-hybridized carbons (Fsp3) is 0.190. The third kappa shape index (κ3) is 5.70. The summed E-state index contributed by atoms with van der Waals surface area (Å²) in [4.78, 5) is 12.4. The van der Waals surface area contributed by atoms with Crippen LogP contribution in [0, 0.1) is 23.3 Å². The molecule has 1 amide bonds. The van der Waals surface area contributed by atoms with Crippen molar-refractivity contribution in [3.8, 4) is 17.2 Å². The number of hydrogen-bond donors (Lipinski definition) is 1. The second-order valence-corrected chi connectivity index (χ2v) is 6.28. The van der Waals surface area contributed by atoms with Crippen LogP contribution < -0.4 is 19.5 Å². The third-order valence-electron chi connectivity index (χ3n) is 4.03. The van der Waals surface area contributed by atoms with Crippen LogP contribution in [0.2, 0.25) is 0 Å². The van der Waals surface area contributed by atoms with Gasteiger partial charge in [-0.25, -0.2) is 8.78 Å². The van der Waals surface area contributed by atoms with Crippen molar-refractivity contribution in [2.24, 2.45) is 0 Å². The van der Waals surface area contributed by atoms with Gasteiger partial charge in [0.2, 0.25) is 11.6 Å². The number of hydrogen-bond acceptors (Lipinski definition) is 5. The minimum Gasteiger partial charge on any atom is -0.490 e. The number of nitrogens with one attached hydrogen (secondary N) is 1. The van der Waals surface area contributed by atoms with Crippen LogP contribution in [-0.2, 0) is 6.61 Å². The molecule has 6 nitrogen and oxygen atoms in total. The molecule has 0 bridgehead atoms. The summed E-state index contributed by atoms with van der Waals surface area (Å²) < 4.78 is 98.2. The van der Waals surface area contributed by atoms with E-state index in [0.29, 0.717) is 0 Å². The van der Waals surface area contributed by atoms with Gasteiger partial charge in [0, 0.05) is 17.8 Å². The first-order chi connectivity index (χ1) is 15.7. The first-order valence-corrected chi connectivity index (χ1v) is 9.27. The zero-order valence-electron chi connectivity index (χ0n) is 16.8. The van der Waals surface area contributed by atoms with Crippen LogP contribution in [0.3, 0.4) is 0 Å². The van der Waals surface area contributed by atoms with Crippen molar-refractivity contribution >= 4 is 11.6 Å². The molecule has 0 aliphatic rings. The maximum Gasteiger partial charge on any atom is 0.387 e. The van der Waals surface area contributed by atoms with Crippen molar-refractivity contribution in [3.05, 3.63) is 71.2 Å². The van der Waals surface area contributed by atoms with Gasteiger partial charge in [-0.1, -0.05) is 0 Å². The van der Waals surface area contributed by atoms with Crippen LogP contribution in [0.4, 0.5) is 32.0 Å². The van der Waals surface area contributed by atoms with E-state index in [1.165, 1.54) is 30.3 Å². The Kier molecular flexibility index (Phi) is 7.36. The predicted molar refractivity (Wildman–Crippen MR) is 102 cm³/mol. The van der Waals surface area contributed by atoms with Gasteiger partial charge in [-0.15, -0.1) is 0 Å². The van der Waals surface area contributed by atoms with Crippen LogP contribution in [0.1, 0.15) is 23.2 Å². The molecule has 0 saturated heterocycles. The molecule has 0 aliphatic heterocycles. The summed E-state index contributed by atoms with van der Waals surface area (Å²) in [6, 6.07) is 6.22. The van der Waals surface area contributed by atoms with E-state index in [1.54, 1.807) is 6.92 Å². The number of halogens is 6. The minimum absolute atomic E-state index is 0.0319. The van der Waals surface area contributed by atoms with Gasteiger partial charge < -0.3 is 23.9 Å². The lowest BCUT2D eigenvalue weighted by molar-refractivity contribution is -0.0514. The Morgan fingerprint density at radius 1 is 0.970 bits per heavy atom. The van der Waals surface area contributed by atoms with E-state index >= 15 is 0 Å². The number of carbonyl (C=O) groups excluding carboxylic acids is 1. The largest absolute Gasteiger partial charge is 0.490 e. The number of rotatable bonds is 9. The summed E-state index contributed by atoms with van der Waals surface area (Å²) in [7, 11) is 0. The molecule has 12 heteroatoms. The highest BCUT2D eigenvalue weighted by molar-refractivity contribution is 6.02.